The average Bonchev–Trinajstić information content (AvgIpc) is 3.16. The molecule has 0 aromatic heterocycles. The van der Waals surface area contributed by atoms with Crippen molar-refractivity contribution in [1.29, 1.82) is 0 Å². The van der Waals surface area contributed by atoms with Crippen LogP contribution >= 0.6 is 0 Å². The quantitative estimate of drug-likeness (QED) is 0.112. The van der Waals surface area contributed by atoms with E-state index < -0.39 is 35.8 Å². The molecule has 0 radical (unpaired) electrons. The molecule has 2 fully saturated rings. The van der Waals surface area contributed by atoms with Gasteiger partial charge in [-0.05, 0) is 56.1 Å². The molecule has 0 spiro atoms. The first-order valence-corrected chi connectivity index (χ1v) is 17.6. The molecule has 0 saturated carbocycles. The summed E-state index contributed by atoms with van der Waals surface area (Å²) in [5.41, 5.74) is 2.70. The molecule has 2 aromatic carbocycles. The minimum atomic E-state index is -1.26. The van der Waals surface area contributed by atoms with Gasteiger partial charge in [0.25, 0.3) is 0 Å². The highest BCUT2D eigenvalue weighted by Gasteiger charge is 2.27. The Morgan fingerprint density at radius 1 is 0.571 bits per heavy atom. The Hall–Kier alpha value is -5.75. The number of halogens is 1. The molecule has 6 N–H and O–H groups in total. The highest BCUT2D eigenvalue weighted by atomic mass is 19.1. The molecule has 306 valence electrons. The molecule has 0 amide bonds. The van der Waals surface area contributed by atoms with E-state index in [1.807, 2.05) is 12.1 Å². The number of unbranched alkanes of at least 4 members (excludes halogenated alkanes) is 1. The highest BCUT2D eigenvalue weighted by molar-refractivity contribution is 5.90. The van der Waals surface area contributed by atoms with Gasteiger partial charge >= 0.3 is 35.8 Å². The van der Waals surface area contributed by atoms with Crippen LogP contribution < -0.4 is 0 Å². The summed E-state index contributed by atoms with van der Waals surface area (Å²) in [5.74, 6) is -7.69. The summed E-state index contributed by atoms with van der Waals surface area (Å²) in [6.45, 7) is 11.2. The summed E-state index contributed by atoms with van der Waals surface area (Å²) in [7, 11) is 2.20. The average molecular weight is 787 g/mol. The van der Waals surface area contributed by atoms with Gasteiger partial charge < -0.3 is 40.4 Å². The van der Waals surface area contributed by atoms with E-state index in [0.717, 1.165) is 58.9 Å². The first-order valence-electron chi connectivity index (χ1n) is 17.6. The molecular weight excluding hydrogens is 735 g/mol. The van der Waals surface area contributed by atoms with Crippen molar-refractivity contribution in [3.8, 4) is 0 Å². The number of hydrogen-bond donors (Lipinski definition) is 6. The second-order valence-corrected chi connectivity index (χ2v) is 12.5. The van der Waals surface area contributed by atoms with Crippen molar-refractivity contribution in [3.63, 3.8) is 0 Å². The van der Waals surface area contributed by atoms with Crippen LogP contribution in [-0.4, -0.2) is 159 Å². The smallest absolute Gasteiger partial charge is 0.328 e. The number of rotatable bonds is 15. The van der Waals surface area contributed by atoms with E-state index in [9.17, 15) is 33.2 Å². The lowest BCUT2D eigenvalue weighted by Crippen LogP contribution is -2.52. The Kier molecular flexibility index (Phi) is 23.9. The Bertz CT molecular complexity index is 1470. The minimum absolute atomic E-state index is 0.147. The minimum Gasteiger partial charge on any atom is -0.478 e. The van der Waals surface area contributed by atoms with E-state index in [-0.39, 0.29) is 5.82 Å². The van der Waals surface area contributed by atoms with Gasteiger partial charge in [-0.25, -0.2) is 33.2 Å². The van der Waals surface area contributed by atoms with Crippen LogP contribution in [-0.2, 0) is 35.2 Å². The molecule has 56 heavy (non-hydrogen) atoms. The first-order chi connectivity index (χ1) is 26.5. The van der Waals surface area contributed by atoms with Crippen LogP contribution in [0.4, 0.5) is 4.39 Å². The van der Waals surface area contributed by atoms with E-state index in [1.54, 1.807) is 12.1 Å². The van der Waals surface area contributed by atoms with Crippen LogP contribution in [0.25, 0.3) is 0 Å². The molecule has 2 aliphatic heterocycles. The summed E-state index contributed by atoms with van der Waals surface area (Å²) in [6, 6.07) is 18.4. The number of nitrogens with zero attached hydrogens (tertiary/aromatic N) is 4. The lowest BCUT2D eigenvalue weighted by atomic mass is 10.0. The first kappa shape index (κ1) is 48.3. The van der Waals surface area contributed by atoms with E-state index in [0.29, 0.717) is 42.5 Å². The van der Waals surface area contributed by atoms with Crippen LogP contribution in [0.15, 0.2) is 91.1 Å². The number of carbonyl (C=O) groups is 6. The summed E-state index contributed by atoms with van der Waals surface area (Å²) < 4.78 is 13.5. The molecule has 4 rings (SSSR count). The number of aryl methyl sites for hydroxylation is 1. The largest absolute Gasteiger partial charge is 0.478 e. The van der Waals surface area contributed by atoms with Crippen LogP contribution in [0.1, 0.15) is 30.0 Å². The molecular formula is C39H51FN4O12. The third-order valence-electron chi connectivity index (χ3n) is 8.27. The van der Waals surface area contributed by atoms with Gasteiger partial charge in [-0.2, -0.15) is 0 Å². The van der Waals surface area contributed by atoms with Gasteiger partial charge in [-0.15, -0.1) is 0 Å². The molecule has 1 atom stereocenters. The van der Waals surface area contributed by atoms with Crippen molar-refractivity contribution < 1.29 is 63.8 Å². The number of likely N-dealkylation sites (N-methyl/N-ethyl adjacent to an activating group) is 1. The predicted molar refractivity (Wildman–Crippen MR) is 204 cm³/mol. The summed E-state index contributed by atoms with van der Waals surface area (Å²) in [5, 5.41) is 46.9. The highest BCUT2D eigenvalue weighted by Crippen LogP contribution is 2.24. The van der Waals surface area contributed by atoms with E-state index in [4.69, 9.17) is 30.6 Å². The monoisotopic (exact) mass is 786 g/mol. The van der Waals surface area contributed by atoms with Crippen molar-refractivity contribution in [2.75, 3.05) is 72.5 Å². The van der Waals surface area contributed by atoms with Crippen LogP contribution in [0.3, 0.4) is 0 Å². The van der Waals surface area contributed by atoms with Gasteiger partial charge in [0.05, 0.1) is 0 Å². The number of piperazine rings is 2. The Morgan fingerprint density at radius 3 is 1.39 bits per heavy atom. The maximum absolute atomic E-state index is 13.5. The fourth-order valence-corrected chi connectivity index (χ4v) is 5.43. The van der Waals surface area contributed by atoms with Crippen LogP contribution in [0.2, 0.25) is 0 Å². The van der Waals surface area contributed by atoms with Gasteiger partial charge in [-0.3, -0.25) is 9.80 Å². The number of aliphatic carboxylic acids is 6. The van der Waals surface area contributed by atoms with E-state index >= 15 is 0 Å². The Morgan fingerprint density at radius 2 is 0.982 bits per heavy atom. The fraction of sp³-hybridized carbons (Fsp3) is 0.385. The van der Waals surface area contributed by atoms with Crippen molar-refractivity contribution in [2.45, 2.75) is 25.3 Å². The maximum atomic E-state index is 13.5. The van der Waals surface area contributed by atoms with Crippen molar-refractivity contribution in [1.82, 2.24) is 19.6 Å². The lowest BCUT2D eigenvalue weighted by Gasteiger charge is -2.42. The predicted octanol–water partition coefficient (Wildman–Crippen LogP) is 2.89. The lowest BCUT2D eigenvalue weighted by molar-refractivity contribution is -0.134. The third-order valence-corrected chi connectivity index (χ3v) is 8.27. The molecule has 0 bridgehead atoms. The second kappa shape index (κ2) is 27.8. The molecule has 17 heteroatoms. The summed E-state index contributed by atoms with van der Waals surface area (Å²) in [6.07, 6.45) is 7.07. The van der Waals surface area contributed by atoms with Gasteiger partial charge in [0, 0.05) is 101 Å². The standard InChI is InChI=1S/C27H39FN4.3C4H4O4/c1-29-15-21-32(22-16-29)27(25-10-12-26(28)13-11-25)23-31-19-17-30(18-20-31)14-6-5-9-24-7-3-2-4-8-24;3*5-3(6)1-2-4(7)8/h2-4,7-8,10-13,27H,5-6,9,14-23H2,1H3;3*1-2H,(H,5,6)(H,7,8)/b;3*2-1+. The van der Waals surface area contributed by atoms with Gasteiger partial charge in [-0.1, -0.05) is 42.5 Å². The SMILES string of the molecule is CN1CCN(C(CN2CCN(CCCCc3ccccc3)CC2)c2ccc(F)cc2)CC1.O=C(O)/C=C/C(=O)O.O=C(O)/C=C/C(=O)O.O=C(O)/C=C/C(=O)O. The number of hydrogen-bond acceptors (Lipinski definition) is 10. The topological polar surface area (TPSA) is 237 Å². The molecule has 2 heterocycles. The second-order valence-electron chi connectivity index (χ2n) is 12.5. The van der Waals surface area contributed by atoms with Gasteiger partial charge in [0.2, 0.25) is 0 Å². The normalized spacial score (nSPS) is 15.8. The zero-order valence-electron chi connectivity index (χ0n) is 31.2. The molecule has 2 aliphatic rings. The number of benzene rings is 2. The zero-order valence-corrected chi connectivity index (χ0v) is 31.2. The molecule has 1 unspecified atom stereocenters. The van der Waals surface area contributed by atoms with Gasteiger partial charge in [0.1, 0.15) is 5.82 Å². The fourth-order valence-electron chi connectivity index (χ4n) is 5.43. The zero-order chi connectivity index (χ0) is 41.9. The van der Waals surface area contributed by atoms with E-state index in [1.165, 1.54) is 36.9 Å². The summed E-state index contributed by atoms with van der Waals surface area (Å²) in [4.78, 5) is 67.6. The van der Waals surface area contributed by atoms with Crippen molar-refractivity contribution in [2.24, 2.45) is 0 Å². The molecule has 16 nitrogen and oxygen atoms in total. The number of carboxylic acid groups (broad SMARTS) is 6. The molecule has 2 saturated heterocycles. The maximum Gasteiger partial charge on any atom is 0.328 e. The third kappa shape index (κ3) is 24.5. The van der Waals surface area contributed by atoms with Crippen LogP contribution in [0.5, 0.6) is 0 Å². The van der Waals surface area contributed by atoms with E-state index in [2.05, 4.69) is 57.0 Å². The molecule has 0 aliphatic carbocycles. The van der Waals surface area contributed by atoms with Crippen LogP contribution in [0, 0.1) is 5.82 Å². The van der Waals surface area contributed by atoms with Crippen molar-refractivity contribution in [3.05, 3.63) is 108 Å². The summed E-state index contributed by atoms with van der Waals surface area (Å²) >= 11 is 0. The molecule has 2 aromatic rings. The van der Waals surface area contributed by atoms with Crippen molar-refractivity contribution >= 4 is 35.8 Å². The van der Waals surface area contributed by atoms with Gasteiger partial charge in [0.15, 0.2) is 0 Å². The Balaban J connectivity index is 0.000000531. The number of carboxylic acids is 6. The Labute approximate surface area is 324 Å².